The number of hydrogen-bond donors (Lipinski definition) is 2. The van der Waals surface area contributed by atoms with Crippen LogP contribution in [0, 0.1) is 0 Å². The molecule has 0 aliphatic heterocycles. The van der Waals surface area contributed by atoms with E-state index in [1.165, 1.54) is 19.1 Å². The fourth-order valence-corrected chi connectivity index (χ4v) is 0.962. The largest absolute Gasteiger partial charge is 0.508 e. The van der Waals surface area contributed by atoms with Gasteiger partial charge in [0, 0.05) is 0 Å². The SMILES string of the molecule is CC(F)C(N)c1ccc(O)cc1. The maximum absolute atomic E-state index is 12.7. The molecule has 1 rings (SSSR count). The third-order valence-electron chi connectivity index (χ3n) is 1.77. The van der Waals surface area contributed by atoms with Crippen LogP contribution in [0.1, 0.15) is 18.5 Å². The molecule has 0 amide bonds. The predicted molar refractivity (Wildman–Crippen MR) is 45.6 cm³/mol. The van der Waals surface area contributed by atoms with Crippen molar-refractivity contribution in [2.24, 2.45) is 5.73 Å². The molecule has 0 radical (unpaired) electrons. The van der Waals surface area contributed by atoms with E-state index in [9.17, 15) is 4.39 Å². The van der Waals surface area contributed by atoms with Crippen LogP contribution in [-0.4, -0.2) is 11.3 Å². The van der Waals surface area contributed by atoms with E-state index >= 15 is 0 Å². The van der Waals surface area contributed by atoms with E-state index < -0.39 is 12.2 Å². The number of hydrogen-bond acceptors (Lipinski definition) is 2. The summed E-state index contributed by atoms with van der Waals surface area (Å²) in [7, 11) is 0. The summed E-state index contributed by atoms with van der Waals surface area (Å²) in [6.45, 7) is 1.41. The second kappa shape index (κ2) is 3.54. The van der Waals surface area contributed by atoms with Gasteiger partial charge < -0.3 is 10.8 Å². The zero-order valence-electron chi connectivity index (χ0n) is 6.87. The van der Waals surface area contributed by atoms with Gasteiger partial charge in [-0.2, -0.15) is 0 Å². The third kappa shape index (κ3) is 1.95. The molecule has 3 N–H and O–H groups in total. The van der Waals surface area contributed by atoms with Crippen LogP contribution in [0.5, 0.6) is 5.75 Å². The number of phenols is 1. The highest BCUT2D eigenvalue weighted by Gasteiger charge is 2.12. The fraction of sp³-hybridized carbons (Fsp3) is 0.333. The van der Waals surface area contributed by atoms with Gasteiger partial charge in [-0.15, -0.1) is 0 Å². The van der Waals surface area contributed by atoms with Crippen molar-refractivity contribution >= 4 is 0 Å². The molecule has 66 valence electrons. The fourth-order valence-electron chi connectivity index (χ4n) is 0.962. The molecule has 0 aliphatic rings. The van der Waals surface area contributed by atoms with Gasteiger partial charge in [0.05, 0.1) is 6.04 Å². The predicted octanol–water partition coefficient (Wildman–Crippen LogP) is 1.75. The van der Waals surface area contributed by atoms with E-state index in [0.29, 0.717) is 5.56 Å². The number of aromatic hydroxyl groups is 1. The smallest absolute Gasteiger partial charge is 0.116 e. The average Bonchev–Trinajstić information content (AvgIpc) is 2.04. The molecule has 0 heterocycles. The Bertz CT molecular complexity index is 245. The molecular weight excluding hydrogens is 157 g/mol. The van der Waals surface area contributed by atoms with Gasteiger partial charge in [0.15, 0.2) is 0 Å². The van der Waals surface area contributed by atoms with E-state index in [1.54, 1.807) is 12.1 Å². The molecule has 2 nitrogen and oxygen atoms in total. The number of phenolic OH excluding ortho intramolecular Hbond substituents is 1. The molecule has 2 unspecified atom stereocenters. The van der Waals surface area contributed by atoms with Gasteiger partial charge in [-0.25, -0.2) is 4.39 Å². The van der Waals surface area contributed by atoms with Crippen LogP contribution in [0.2, 0.25) is 0 Å². The Labute approximate surface area is 70.8 Å². The Morgan fingerprint density at radius 1 is 1.33 bits per heavy atom. The zero-order chi connectivity index (χ0) is 9.14. The molecule has 2 atom stereocenters. The third-order valence-corrected chi connectivity index (χ3v) is 1.77. The van der Waals surface area contributed by atoms with Gasteiger partial charge in [-0.05, 0) is 24.6 Å². The van der Waals surface area contributed by atoms with Crippen LogP contribution in [0.25, 0.3) is 0 Å². The van der Waals surface area contributed by atoms with Crippen LogP contribution < -0.4 is 5.73 Å². The standard InChI is InChI=1S/C9H12FNO/c1-6(10)9(11)7-2-4-8(12)5-3-7/h2-6,9,12H,11H2,1H3. The van der Waals surface area contributed by atoms with E-state index in [1.807, 2.05) is 0 Å². The first-order valence-corrected chi connectivity index (χ1v) is 3.80. The maximum Gasteiger partial charge on any atom is 0.116 e. The first-order chi connectivity index (χ1) is 5.61. The van der Waals surface area contributed by atoms with Gasteiger partial charge >= 0.3 is 0 Å². The Kier molecular flexibility index (Phi) is 2.65. The molecular formula is C9H12FNO. The molecule has 0 aromatic heterocycles. The normalized spacial score (nSPS) is 15.6. The second-order valence-corrected chi connectivity index (χ2v) is 2.79. The summed E-state index contributed by atoms with van der Waals surface area (Å²) >= 11 is 0. The number of alkyl halides is 1. The molecule has 1 aromatic rings. The van der Waals surface area contributed by atoms with Crippen molar-refractivity contribution in [3.63, 3.8) is 0 Å². The van der Waals surface area contributed by atoms with Gasteiger partial charge in [-0.3, -0.25) is 0 Å². The summed E-state index contributed by atoms with van der Waals surface area (Å²) in [5.41, 5.74) is 6.23. The lowest BCUT2D eigenvalue weighted by Crippen LogP contribution is -2.19. The second-order valence-electron chi connectivity index (χ2n) is 2.79. The molecule has 0 saturated heterocycles. The van der Waals surface area contributed by atoms with Gasteiger partial charge in [0.1, 0.15) is 11.9 Å². The Hall–Kier alpha value is -1.09. The summed E-state index contributed by atoms with van der Waals surface area (Å²) in [5, 5.41) is 8.94. The highest BCUT2D eigenvalue weighted by Crippen LogP contribution is 2.18. The monoisotopic (exact) mass is 169 g/mol. The minimum absolute atomic E-state index is 0.164. The van der Waals surface area contributed by atoms with Crippen LogP contribution in [0.4, 0.5) is 4.39 Å². The van der Waals surface area contributed by atoms with Gasteiger partial charge in [-0.1, -0.05) is 12.1 Å². The maximum atomic E-state index is 12.7. The number of halogens is 1. The van der Waals surface area contributed by atoms with Gasteiger partial charge in [0.25, 0.3) is 0 Å². The first kappa shape index (κ1) is 9.00. The summed E-state index contributed by atoms with van der Waals surface area (Å²) in [6, 6.07) is 5.63. The summed E-state index contributed by atoms with van der Waals surface area (Å²) in [5.74, 6) is 0.164. The van der Waals surface area contributed by atoms with E-state index in [2.05, 4.69) is 0 Å². The van der Waals surface area contributed by atoms with Crippen molar-refractivity contribution in [1.29, 1.82) is 0 Å². The lowest BCUT2D eigenvalue weighted by Gasteiger charge is -2.12. The average molecular weight is 169 g/mol. The Morgan fingerprint density at radius 3 is 2.25 bits per heavy atom. The van der Waals surface area contributed by atoms with Crippen molar-refractivity contribution in [2.45, 2.75) is 19.1 Å². The lowest BCUT2D eigenvalue weighted by atomic mass is 10.0. The van der Waals surface area contributed by atoms with Gasteiger partial charge in [0.2, 0.25) is 0 Å². The molecule has 0 bridgehead atoms. The molecule has 0 spiro atoms. The Balaban J connectivity index is 2.82. The highest BCUT2D eigenvalue weighted by atomic mass is 19.1. The van der Waals surface area contributed by atoms with Crippen LogP contribution in [-0.2, 0) is 0 Å². The molecule has 3 heteroatoms. The quantitative estimate of drug-likeness (QED) is 0.708. The Morgan fingerprint density at radius 2 is 1.83 bits per heavy atom. The topological polar surface area (TPSA) is 46.2 Å². The summed E-state index contributed by atoms with van der Waals surface area (Å²) < 4.78 is 12.7. The van der Waals surface area contributed by atoms with Crippen molar-refractivity contribution in [3.05, 3.63) is 29.8 Å². The summed E-state index contributed by atoms with van der Waals surface area (Å²) in [6.07, 6.45) is -1.07. The van der Waals surface area contributed by atoms with Crippen molar-refractivity contribution in [1.82, 2.24) is 0 Å². The van der Waals surface area contributed by atoms with E-state index in [0.717, 1.165) is 0 Å². The number of benzene rings is 1. The van der Waals surface area contributed by atoms with E-state index in [-0.39, 0.29) is 5.75 Å². The van der Waals surface area contributed by atoms with Crippen LogP contribution >= 0.6 is 0 Å². The molecule has 0 aliphatic carbocycles. The van der Waals surface area contributed by atoms with Crippen LogP contribution in [0.3, 0.4) is 0 Å². The molecule has 12 heavy (non-hydrogen) atoms. The highest BCUT2D eigenvalue weighted by molar-refractivity contribution is 5.28. The molecule has 1 aromatic carbocycles. The minimum atomic E-state index is -1.07. The van der Waals surface area contributed by atoms with Crippen molar-refractivity contribution < 1.29 is 9.50 Å². The summed E-state index contributed by atoms with van der Waals surface area (Å²) in [4.78, 5) is 0. The first-order valence-electron chi connectivity index (χ1n) is 3.80. The van der Waals surface area contributed by atoms with E-state index in [4.69, 9.17) is 10.8 Å². The molecule has 0 saturated carbocycles. The number of nitrogens with two attached hydrogens (primary N) is 1. The van der Waals surface area contributed by atoms with Crippen LogP contribution in [0.15, 0.2) is 24.3 Å². The number of rotatable bonds is 2. The lowest BCUT2D eigenvalue weighted by molar-refractivity contribution is 0.309. The van der Waals surface area contributed by atoms with Crippen molar-refractivity contribution in [2.75, 3.05) is 0 Å². The molecule has 0 fully saturated rings. The van der Waals surface area contributed by atoms with Crippen molar-refractivity contribution in [3.8, 4) is 5.75 Å². The zero-order valence-corrected chi connectivity index (χ0v) is 6.87. The minimum Gasteiger partial charge on any atom is -0.508 e.